The maximum Gasteiger partial charge on any atom is 0.246 e. The second-order valence-corrected chi connectivity index (χ2v) is 9.55. The third-order valence-corrected chi connectivity index (χ3v) is 5.78. The number of benzene rings is 3. The average Bonchev–Trinajstić information content (AvgIpc) is 3.00. The molecule has 2 amide bonds. The van der Waals surface area contributed by atoms with Crippen molar-refractivity contribution in [3.8, 4) is 0 Å². The van der Waals surface area contributed by atoms with E-state index in [1.54, 1.807) is 23.9 Å². The first-order valence-electron chi connectivity index (χ1n) is 12.6. The van der Waals surface area contributed by atoms with E-state index in [4.69, 9.17) is 0 Å². The van der Waals surface area contributed by atoms with E-state index in [1.165, 1.54) is 0 Å². The number of para-hydroxylation sites is 2. The van der Waals surface area contributed by atoms with Gasteiger partial charge in [0.1, 0.15) is 12.3 Å². The number of anilines is 2. The van der Waals surface area contributed by atoms with Crippen LogP contribution in [-0.4, -0.2) is 51.8 Å². The largest absolute Gasteiger partial charge is 0.313 e. The van der Waals surface area contributed by atoms with Gasteiger partial charge in [-0.3, -0.25) is 9.59 Å². The molecule has 0 saturated carbocycles. The van der Waals surface area contributed by atoms with Crippen molar-refractivity contribution in [2.45, 2.75) is 40.3 Å². The number of hydrogen-bond acceptors (Lipinski definition) is 5. The van der Waals surface area contributed by atoms with Crippen molar-refractivity contribution in [3.63, 3.8) is 0 Å². The SMILES string of the molecule is CC(C)C.CNC1CN(C=O)c2ccccc2N(Cc2c(C)ccc3ccccc23)C1=O.CNCC=O. The Morgan fingerprint density at radius 1 is 0.946 bits per heavy atom. The van der Waals surface area contributed by atoms with Crippen LogP contribution in [0.25, 0.3) is 10.8 Å². The third-order valence-electron chi connectivity index (χ3n) is 5.78. The zero-order valence-corrected chi connectivity index (χ0v) is 22.8. The van der Waals surface area contributed by atoms with Crippen molar-refractivity contribution in [1.29, 1.82) is 0 Å². The van der Waals surface area contributed by atoms with Crippen LogP contribution in [-0.2, 0) is 20.9 Å². The minimum Gasteiger partial charge on any atom is -0.313 e. The molecule has 3 aromatic carbocycles. The third kappa shape index (κ3) is 7.97. The summed E-state index contributed by atoms with van der Waals surface area (Å²) in [6.07, 6.45) is 1.61. The molecule has 0 bridgehead atoms. The summed E-state index contributed by atoms with van der Waals surface area (Å²) in [5, 5.41) is 8.01. The molecule has 0 fully saturated rings. The van der Waals surface area contributed by atoms with Crippen LogP contribution in [0.2, 0.25) is 0 Å². The Morgan fingerprint density at radius 2 is 1.57 bits per heavy atom. The molecule has 3 aromatic rings. The first-order valence-corrected chi connectivity index (χ1v) is 12.6. The minimum absolute atomic E-state index is 0.0355. The normalized spacial score (nSPS) is 14.7. The van der Waals surface area contributed by atoms with E-state index < -0.39 is 6.04 Å². The second kappa shape index (κ2) is 14.9. The Morgan fingerprint density at radius 3 is 2.14 bits per heavy atom. The van der Waals surface area contributed by atoms with Crippen molar-refractivity contribution in [3.05, 3.63) is 71.8 Å². The number of rotatable bonds is 6. The van der Waals surface area contributed by atoms with E-state index in [2.05, 4.69) is 62.6 Å². The second-order valence-electron chi connectivity index (χ2n) is 9.55. The summed E-state index contributed by atoms with van der Waals surface area (Å²) in [6, 6.07) is 19.5. The standard InChI is InChI=1S/C23H23N3O2.C4H10.C3H7NO/c1-16-11-12-17-7-3-4-8-18(17)19(16)13-26-22-10-6-5-9-21(22)25(15-27)14-20(24-2)23(26)28;1-4(2)3;1-4-2-3-5/h3-12,15,20,24H,13-14H2,1-2H3;4H,1-3H3;3-4H,2H2,1H3. The number of carbonyl (C=O) groups is 3. The van der Waals surface area contributed by atoms with Crippen molar-refractivity contribution < 1.29 is 14.4 Å². The lowest BCUT2D eigenvalue weighted by Gasteiger charge is -2.26. The maximum absolute atomic E-state index is 13.4. The predicted molar refractivity (Wildman–Crippen MR) is 153 cm³/mol. The molecular weight excluding hydrogens is 464 g/mol. The van der Waals surface area contributed by atoms with Crippen LogP contribution in [0.5, 0.6) is 0 Å². The molecule has 37 heavy (non-hydrogen) atoms. The molecule has 0 spiro atoms. The molecule has 198 valence electrons. The van der Waals surface area contributed by atoms with Gasteiger partial charge in [0.2, 0.25) is 12.3 Å². The molecular formula is C30H40N4O3. The number of aryl methyl sites for hydroxylation is 1. The number of hydrogen-bond donors (Lipinski definition) is 2. The van der Waals surface area contributed by atoms with Crippen LogP contribution in [0.3, 0.4) is 0 Å². The van der Waals surface area contributed by atoms with Crippen LogP contribution in [0.4, 0.5) is 11.4 Å². The summed E-state index contributed by atoms with van der Waals surface area (Å²) in [6.45, 7) is 9.79. The molecule has 0 radical (unpaired) electrons. The number of amides is 2. The first kappa shape index (κ1) is 29.7. The zero-order chi connectivity index (χ0) is 27.4. The van der Waals surface area contributed by atoms with Crippen molar-refractivity contribution in [2.75, 3.05) is 37.0 Å². The lowest BCUT2D eigenvalue weighted by atomic mass is 9.99. The van der Waals surface area contributed by atoms with E-state index >= 15 is 0 Å². The molecule has 1 unspecified atom stereocenters. The van der Waals surface area contributed by atoms with Gasteiger partial charge >= 0.3 is 0 Å². The molecule has 7 heteroatoms. The Bertz CT molecular complexity index is 1180. The van der Waals surface area contributed by atoms with Crippen molar-refractivity contribution >= 4 is 40.8 Å². The van der Waals surface area contributed by atoms with Gasteiger partial charge in [-0.05, 0) is 61.0 Å². The smallest absolute Gasteiger partial charge is 0.246 e. The minimum atomic E-state index is -0.465. The number of nitrogens with zero attached hydrogens (tertiary/aromatic N) is 2. The van der Waals surface area contributed by atoms with Gasteiger partial charge in [-0.1, -0.05) is 69.3 Å². The monoisotopic (exact) mass is 504 g/mol. The fourth-order valence-electron chi connectivity index (χ4n) is 3.99. The molecule has 0 saturated heterocycles. The molecule has 0 aliphatic carbocycles. The van der Waals surface area contributed by atoms with Gasteiger partial charge in [-0.25, -0.2) is 0 Å². The molecule has 0 aromatic heterocycles. The lowest BCUT2D eigenvalue weighted by Crippen LogP contribution is -2.48. The van der Waals surface area contributed by atoms with Crippen LogP contribution >= 0.6 is 0 Å². The molecule has 7 nitrogen and oxygen atoms in total. The number of aldehydes is 1. The highest BCUT2D eigenvalue weighted by Crippen LogP contribution is 2.34. The Hall–Kier alpha value is -3.55. The molecule has 4 rings (SSSR count). The van der Waals surface area contributed by atoms with Gasteiger partial charge in [-0.2, -0.15) is 0 Å². The van der Waals surface area contributed by atoms with Crippen LogP contribution in [0.15, 0.2) is 60.7 Å². The highest BCUT2D eigenvalue weighted by molar-refractivity contribution is 6.04. The quantitative estimate of drug-likeness (QED) is 0.489. The lowest BCUT2D eigenvalue weighted by molar-refractivity contribution is -0.120. The van der Waals surface area contributed by atoms with Gasteiger partial charge in [0.25, 0.3) is 0 Å². The van der Waals surface area contributed by atoms with Crippen molar-refractivity contribution in [2.24, 2.45) is 5.92 Å². The van der Waals surface area contributed by atoms with Crippen molar-refractivity contribution in [1.82, 2.24) is 10.6 Å². The first-order chi connectivity index (χ1) is 17.8. The van der Waals surface area contributed by atoms with Gasteiger partial charge in [0.15, 0.2) is 0 Å². The molecule has 1 aliphatic rings. The molecule has 1 aliphatic heterocycles. The fraction of sp³-hybridized carbons (Fsp3) is 0.367. The summed E-state index contributed by atoms with van der Waals surface area (Å²) in [4.78, 5) is 37.8. The van der Waals surface area contributed by atoms with Crippen LogP contribution in [0.1, 0.15) is 31.9 Å². The molecule has 1 atom stereocenters. The Balaban J connectivity index is 0.000000464. The van der Waals surface area contributed by atoms with Gasteiger partial charge in [-0.15, -0.1) is 0 Å². The van der Waals surface area contributed by atoms with E-state index in [9.17, 15) is 14.4 Å². The van der Waals surface area contributed by atoms with Gasteiger partial charge in [0.05, 0.1) is 31.0 Å². The van der Waals surface area contributed by atoms with Crippen LogP contribution in [0, 0.1) is 12.8 Å². The summed E-state index contributed by atoms with van der Waals surface area (Å²) in [5.74, 6) is 0.798. The van der Waals surface area contributed by atoms with E-state index in [1.807, 2.05) is 36.4 Å². The topological polar surface area (TPSA) is 81.8 Å². The predicted octanol–water partition coefficient (Wildman–Crippen LogP) is 4.31. The maximum atomic E-state index is 13.4. The zero-order valence-electron chi connectivity index (χ0n) is 22.8. The van der Waals surface area contributed by atoms with Gasteiger partial charge in [0, 0.05) is 0 Å². The summed E-state index contributed by atoms with van der Waals surface area (Å²) >= 11 is 0. The Labute approximate surface area is 220 Å². The number of carbonyl (C=O) groups excluding carboxylic acids is 3. The summed E-state index contributed by atoms with van der Waals surface area (Å²) in [5.41, 5.74) is 3.77. The highest BCUT2D eigenvalue weighted by Gasteiger charge is 2.33. The molecule has 1 heterocycles. The van der Waals surface area contributed by atoms with Crippen LogP contribution < -0.4 is 20.4 Å². The van der Waals surface area contributed by atoms with E-state index in [0.717, 1.165) is 51.9 Å². The summed E-state index contributed by atoms with van der Waals surface area (Å²) in [7, 11) is 3.48. The average molecular weight is 505 g/mol. The van der Waals surface area contributed by atoms with Gasteiger partial charge < -0.3 is 25.2 Å². The number of likely N-dealkylation sites (N-methyl/N-ethyl adjacent to an activating group) is 2. The molecule has 2 N–H and O–H groups in total. The van der Waals surface area contributed by atoms with E-state index in [0.29, 0.717) is 19.6 Å². The number of fused-ring (bicyclic) bond motifs is 2. The summed E-state index contributed by atoms with van der Waals surface area (Å²) < 4.78 is 0. The Kier molecular flexibility index (Phi) is 11.9. The number of nitrogens with one attached hydrogen (secondary N) is 2. The highest BCUT2D eigenvalue weighted by atomic mass is 16.2. The fourth-order valence-corrected chi connectivity index (χ4v) is 3.99. The van der Waals surface area contributed by atoms with E-state index in [-0.39, 0.29) is 5.91 Å².